The van der Waals surface area contributed by atoms with Crippen molar-refractivity contribution in [2.45, 2.75) is 38.3 Å². The molecule has 1 aliphatic carbocycles. The van der Waals surface area contributed by atoms with Gasteiger partial charge in [0.25, 0.3) is 0 Å². The second kappa shape index (κ2) is 4.03. The third-order valence-electron chi connectivity index (χ3n) is 3.79. The Morgan fingerprint density at radius 2 is 2.14 bits per heavy atom. The fraction of sp³-hybridized carbons (Fsp3) is 0.833. The van der Waals surface area contributed by atoms with E-state index in [9.17, 15) is 0 Å². The van der Waals surface area contributed by atoms with Crippen LogP contribution in [0.1, 0.15) is 26.2 Å². The molecule has 0 bridgehead atoms. The zero-order chi connectivity index (χ0) is 10.1. The monoisotopic (exact) mass is 195 g/mol. The molecule has 0 radical (unpaired) electrons. The van der Waals surface area contributed by atoms with Gasteiger partial charge < -0.3 is 9.64 Å². The second-order valence-electron chi connectivity index (χ2n) is 4.86. The van der Waals surface area contributed by atoms with Gasteiger partial charge in [-0.05, 0) is 40.3 Å². The minimum absolute atomic E-state index is 0.487. The standard InChI is InChI=1S/C12H21NO/c1-9-6-7-14-12-8-10(13(2)3)4-5-11(9)12/h6,10-12H,4-5,7-8H2,1-3H3. The number of hydrogen-bond acceptors (Lipinski definition) is 2. The van der Waals surface area contributed by atoms with Crippen molar-refractivity contribution in [3.05, 3.63) is 11.6 Å². The summed E-state index contributed by atoms with van der Waals surface area (Å²) in [5, 5.41) is 0. The first-order chi connectivity index (χ1) is 6.68. The van der Waals surface area contributed by atoms with Gasteiger partial charge in [0, 0.05) is 12.0 Å². The fourth-order valence-corrected chi connectivity index (χ4v) is 2.74. The molecule has 1 fully saturated rings. The number of rotatable bonds is 1. The lowest BCUT2D eigenvalue weighted by Gasteiger charge is -2.41. The molecule has 0 aromatic carbocycles. The smallest absolute Gasteiger partial charge is 0.0659 e. The van der Waals surface area contributed by atoms with E-state index in [4.69, 9.17) is 4.74 Å². The first-order valence-corrected chi connectivity index (χ1v) is 5.63. The van der Waals surface area contributed by atoms with Gasteiger partial charge >= 0.3 is 0 Å². The highest BCUT2D eigenvalue weighted by Crippen LogP contribution is 2.35. The lowest BCUT2D eigenvalue weighted by Crippen LogP contribution is -2.42. The summed E-state index contributed by atoms with van der Waals surface area (Å²) in [5.41, 5.74) is 1.55. The summed E-state index contributed by atoms with van der Waals surface area (Å²) >= 11 is 0. The molecule has 1 heterocycles. The van der Waals surface area contributed by atoms with Gasteiger partial charge in [-0.3, -0.25) is 0 Å². The number of hydrogen-bond donors (Lipinski definition) is 0. The first kappa shape index (κ1) is 10.2. The van der Waals surface area contributed by atoms with Crippen molar-refractivity contribution in [2.24, 2.45) is 5.92 Å². The molecule has 1 saturated carbocycles. The molecule has 0 aromatic rings. The lowest BCUT2D eigenvalue weighted by molar-refractivity contribution is -0.0179. The Morgan fingerprint density at radius 1 is 1.36 bits per heavy atom. The van der Waals surface area contributed by atoms with E-state index in [0.717, 1.165) is 12.6 Å². The molecule has 3 atom stereocenters. The number of nitrogens with zero attached hydrogens (tertiary/aromatic N) is 1. The maximum Gasteiger partial charge on any atom is 0.0659 e. The van der Waals surface area contributed by atoms with Crippen LogP contribution < -0.4 is 0 Å². The average Bonchev–Trinajstić information content (AvgIpc) is 2.17. The highest BCUT2D eigenvalue weighted by atomic mass is 16.5. The van der Waals surface area contributed by atoms with Crippen LogP contribution in [0.25, 0.3) is 0 Å². The Morgan fingerprint density at radius 3 is 2.86 bits per heavy atom. The van der Waals surface area contributed by atoms with Crippen LogP contribution >= 0.6 is 0 Å². The lowest BCUT2D eigenvalue weighted by atomic mass is 9.78. The van der Waals surface area contributed by atoms with Crippen LogP contribution in [0.2, 0.25) is 0 Å². The Labute approximate surface area is 86.9 Å². The van der Waals surface area contributed by atoms with Gasteiger partial charge in [-0.15, -0.1) is 0 Å². The largest absolute Gasteiger partial charge is 0.373 e. The molecule has 0 N–H and O–H groups in total. The Bertz CT molecular complexity index is 234. The summed E-state index contributed by atoms with van der Waals surface area (Å²) in [6, 6.07) is 0.724. The first-order valence-electron chi connectivity index (χ1n) is 5.63. The average molecular weight is 195 g/mol. The van der Waals surface area contributed by atoms with E-state index in [1.165, 1.54) is 19.3 Å². The minimum Gasteiger partial charge on any atom is -0.373 e. The molecule has 14 heavy (non-hydrogen) atoms. The van der Waals surface area contributed by atoms with Crippen molar-refractivity contribution in [3.63, 3.8) is 0 Å². The highest BCUT2D eigenvalue weighted by molar-refractivity contribution is 5.11. The van der Waals surface area contributed by atoms with Crippen molar-refractivity contribution in [3.8, 4) is 0 Å². The SMILES string of the molecule is CC1=CCOC2CC(N(C)C)CCC12. The van der Waals surface area contributed by atoms with E-state index in [-0.39, 0.29) is 0 Å². The van der Waals surface area contributed by atoms with E-state index < -0.39 is 0 Å². The molecule has 0 saturated heterocycles. The summed E-state index contributed by atoms with van der Waals surface area (Å²) in [6.07, 6.45) is 6.57. The Kier molecular flexibility index (Phi) is 2.93. The predicted octanol–water partition coefficient (Wildman–Crippen LogP) is 2.06. The van der Waals surface area contributed by atoms with Gasteiger partial charge in [-0.1, -0.05) is 11.6 Å². The van der Waals surface area contributed by atoms with Crippen molar-refractivity contribution in [1.29, 1.82) is 0 Å². The highest BCUT2D eigenvalue weighted by Gasteiger charge is 2.34. The van der Waals surface area contributed by atoms with E-state index in [1.807, 2.05) is 0 Å². The van der Waals surface area contributed by atoms with Crippen LogP contribution in [-0.4, -0.2) is 37.7 Å². The predicted molar refractivity (Wildman–Crippen MR) is 58.3 cm³/mol. The van der Waals surface area contributed by atoms with Gasteiger partial charge in [0.2, 0.25) is 0 Å². The van der Waals surface area contributed by atoms with E-state index in [0.29, 0.717) is 12.0 Å². The van der Waals surface area contributed by atoms with Crippen LogP contribution in [0.5, 0.6) is 0 Å². The third kappa shape index (κ3) is 1.86. The van der Waals surface area contributed by atoms with E-state index in [1.54, 1.807) is 5.57 Å². The quantitative estimate of drug-likeness (QED) is 0.594. The molecule has 2 heteroatoms. The summed E-state index contributed by atoms with van der Waals surface area (Å²) < 4.78 is 5.83. The molecule has 80 valence electrons. The van der Waals surface area contributed by atoms with Crippen LogP contribution in [0.15, 0.2) is 11.6 Å². The molecule has 0 aromatic heterocycles. The molecule has 1 aliphatic heterocycles. The topological polar surface area (TPSA) is 12.5 Å². The van der Waals surface area contributed by atoms with E-state index >= 15 is 0 Å². The Balaban J connectivity index is 2.02. The summed E-state index contributed by atoms with van der Waals surface area (Å²) in [4.78, 5) is 2.34. The molecular weight excluding hydrogens is 174 g/mol. The normalized spacial score (nSPS) is 38.0. The summed E-state index contributed by atoms with van der Waals surface area (Å²) in [7, 11) is 4.35. The molecule has 2 nitrogen and oxygen atoms in total. The van der Waals surface area contributed by atoms with Crippen LogP contribution in [0.3, 0.4) is 0 Å². The van der Waals surface area contributed by atoms with Gasteiger partial charge in [0.15, 0.2) is 0 Å². The summed E-state index contributed by atoms with van der Waals surface area (Å²) in [6.45, 7) is 3.09. The van der Waals surface area contributed by atoms with Crippen molar-refractivity contribution < 1.29 is 4.74 Å². The zero-order valence-corrected chi connectivity index (χ0v) is 9.49. The van der Waals surface area contributed by atoms with Crippen LogP contribution in [0, 0.1) is 5.92 Å². The van der Waals surface area contributed by atoms with Crippen LogP contribution in [-0.2, 0) is 4.74 Å². The molecular formula is C12H21NO. The second-order valence-corrected chi connectivity index (χ2v) is 4.86. The van der Waals surface area contributed by atoms with Crippen LogP contribution in [0.4, 0.5) is 0 Å². The Hall–Kier alpha value is -0.340. The maximum absolute atomic E-state index is 5.83. The van der Waals surface area contributed by atoms with Gasteiger partial charge in [0.05, 0.1) is 12.7 Å². The molecule has 0 spiro atoms. The van der Waals surface area contributed by atoms with Gasteiger partial charge in [0.1, 0.15) is 0 Å². The molecule has 0 amide bonds. The fourth-order valence-electron chi connectivity index (χ4n) is 2.74. The van der Waals surface area contributed by atoms with E-state index in [2.05, 4.69) is 32.0 Å². The summed E-state index contributed by atoms with van der Waals surface area (Å²) in [5.74, 6) is 0.708. The number of fused-ring (bicyclic) bond motifs is 1. The van der Waals surface area contributed by atoms with Crippen molar-refractivity contribution in [2.75, 3.05) is 20.7 Å². The third-order valence-corrected chi connectivity index (χ3v) is 3.79. The zero-order valence-electron chi connectivity index (χ0n) is 9.49. The number of ether oxygens (including phenoxy) is 1. The van der Waals surface area contributed by atoms with Crippen molar-refractivity contribution in [1.82, 2.24) is 4.90 Å². The minimum atomic E-state index is 0.487. The van der Waals surface area contributed by atoms with Gasteiger partial charge in [-0.25, -0.2) is 0 Å². The molecule has 2 rings (SSSR count). The molecule has 2 aliphatic rings. The van der Waals surface area contributed by atoms with Crippen molar-refractivity contribution >= 4 is 0 Å². The van der Waals surface area contributed by atoms with Gasteiger partial charge in [-0.2, -0.15) is 0 Å². The molecule has 3 unspecified atom stereocenters. The maximum atomic E-state index is 5.83.